The first-order chi connectivity index (χ1) is 6.20. The van der Waals surface area contributed by atoms with E-state index in [1.165, 1.54) is 38.8 Å². The second-order valence-corrected chi connectivity index (χ2v) is 4.72. The SMILES string of the molecule is C[C-]1CCOC2(CCN(C)CC2)C1.[CH3-].[Li].[Lr]. The van der Waals surface area contributed by atoms with Crippen LogP contribution in [-0.4, -0.2) is 56.1 Å². The molecule has 0 aliphatic carbocycles. The molecule has 2 aliphatic rings. The van der Waals surface area contributed by atoms with Crippen LogP contribution in [-0.2, 0) is 4.74 Å². The van der Waals surface area contributed by atoms with Crippen molar-refractivity contribution in [1.82, 2.24) is 4.90 Å². The van der Waals surface area contributed by atoms with Crippen LogP contribution in [0.1, 0.15) is 32.6 Å². The van der Waals surface area contributed by atoms with Crippen LogP contribution in [0.25, 0.3) is 0 Å². The molecule has 2 aliphatic heterocycles. The fourth-order valence-corrected chi connectivity index (χ4v) is 2.48. The van der Waals surface area contributed by atoms with Gasteiger partial charge in [0.1, 0.15) is 0 Å². The number of nitrogens with zero attached hydrogens (tertiary/aromatic N) is 1. The molecule has 0 aromatic carbocycles. The van der Waals surface area contributed by atoms with Gasteiger partial charge in [-0.2, -0.15) is 13.3 Å². The van der Waals surface area contributed by atoms with Gasteiger partial charge in [0.2, 0.25) is 0 Å². The summed E-state index contributed by atoms with van der Waals surface area (Å²) in [5.74, 6) is 1.64. The summed E-state index contributed by atoms with van der Waals surface area (Å²) in [6, 6.07) is 0. The maximum Gasteiger partial charge on any atom is 0.0440 e. The Bertz CT molecular complexity index is 184. The molecule has 0 bridgehead atoms. The van der Waals surface area contributed by atoms with Crippen LogP contribution in [0.5, 0.6) is 0 Å². The molecule has 0 amide bonds. The largest absolute Gasteiger partial charge is 0.380 e. The van der Waals surface area contributed by atoms with E-state index in [1.807, 2.05) is 0 Å². The van der Waals surface area contributed by atoms with Gasteiger partial charge in [-0.1, -0.05) is 0 Å². The molecule has 0 aromatic heterocycles. The zero-order chi connectivity index (χ0) is 9.31. The van der Waals surface area contributed by atoms with Crippen molar-refractivity contribution in [2.45, 2.75) is 38.2 Å². The van der Waals surface area contributed by atoms with Crippen molar-refractivity contribution in [1.29, 1.82) is 0 Å². The molecule has 100 valence electrons. The van der Waals surface area contributed by atoms with Crippen LogP contribution in [0.2, 0.25) is 0 Å². The summed E-state index contributed by atoms with van der Waals surface area (Å²) in [4.78, 5) is 2.40. The Labute approximate surface area is 107 Å². The normalized spacial score (nSPS) is 25.1. The van der Waals surface area contributed by atoms with E-state index in [1.54, 1.807) is 5.92 Å². The van der Waals surface area contributed by atoms with Crippen molar-refractivity contribution >= 4 is 18.9 Å². The number of hydrogen-bond acceptors (Lipinski definition) is 2. The van der Waals surface area contributed by atoms with E-state index < -0.39 is 0 Å². The third kappa shape index (κ3) is 3.83. The summed E-state index contributed by atoms with van der Waals surface area (Å²) in [5.41, 5.74) is 0.231. The molecule has 4 heteroatoms. The molecular formula is C12H23LiLrNO-2. The van der Waals surface area contributed by atoms with Gasteiger partial charge >= 0.3 is 0 Å². The van der Waals surface area contributed by atoms with E-state index in [2.05, 4.69) is 18.9 Å². The maximum atomic E-state index is 5.98. The first kappa shape index (κ1) is 17.9. The minimum atomic E-state index is 0. The third-order valence-electron chi connectivity index (χ3n) is 3.46. The van der Waals surface area contributed by atoms with Crippen LogP contribution in [0.15, 0.2) is 0 Å². The van der Waals surface area contributed by atoms with E-state index in [9.17, 15) is 0 Å². The summed E-state index contributed by atoms with van der Waals surface area (Å²) in [6.45, 7) is 5.64. The van der Waals surface area contributed by atoms with Gasteiger partial charge in [-0.05, 0) is 19.9 Å². The standard InChI is InChI=1S/C11H20NO.CH3.Li.Lr/c1-10-3-8-13-11(9-10)4-6-12(2)7-5-11;;;/h3-9H2,1-2H3;1H3;;/q2*-1;;. The monoisotopic (exact) mass is 466 g/mol. The molecule has 0 unspecified atom stereocenters. The predicted octanol–water partition coefficient (Wildman–Crippen LogP) is 1.93. The first-order valence-corrected chi connectivity index (χ1v) is 5.34. The van der Waals surface area contributed by atoms with Crippen LogP contribution in [0.4, 0.5) is 0 Å². The van der Waals surface area contributed by atoms with E-state index in [0.29, 0.717) is 0 Å². The Hall–Kier alpha value is -0.483. The van der Waals surface area contributed by atoms with Gasteiger partial charge in [0.05, 0.1) is 0 Å². The quantitative estimate of drug-likeness (QED) is 0.400. The van der Waals surface area contributed by atoms with Gasteiger partial charge in [-0.15, -0.1) is 6.42 Å². The van der Waals surface area contributed by atoms with Crippen molar-refractivity contribution in [3.63, 3.8) is 0 Å². The summed E-state index contributed by atoms with van der Waals surface area (Å²) >= 11 is 0. The Balaban J connectivity index is 0. The Morgan fingerprint density at radius 2 is 1.81 bits per heavy atom. The first-order valence-electron chi connectivity index (χ1n) is 5.34. The number of piperidine rings is 1. The van der Waals surface area contributed by atoms with Crippen molar-refractivity contribution in [2.75, 3.05) is 26.7 Å². The zero-order valence-electron chi connectivity index (χ0n) is 11.1. The summed E-state index contributed by atoms with van der Waals surface area (Å²) in [7, 11) is 2.20. The van der Waals surface area contributed by atoms with Gasteiger partial charge in [0.15, 0.2) is 0 Å². The second-order valence-electron chi connectivity index (χ2n) is 4.72. The number of hydrogen-bond donors (Lipinski definition) is 0. The van der Waals surface area contributed by atoms with Crippen LogP contribution in [0, 0.1) is 13.3 Å². The molecule has 0 atom stereocenters. The minimum Gasteiger partial charge on any atom is -0.380 e. The zero-order valence-corrected chi connectivity index (χ0v) is 13.2. The smallest absolute Gasteiger partial charge is 0.0440 e. The van der Waals surface area contributed by atoms with E-state index in [-0.39, 0.29) is 31.9 Å². The second kappa shape index (κ2) is 6.96. The minimum absolute atomic E-state index is 0. The van der Waals surface area contributed by atoms with Gasteiger partial charge in [-0.3, -0.25) is 0 Å². The van der Waals surface area contributed by atoms with Crippen LogP contribution >= 0.6 is 0 Å². The van der Waals surface area contributed by atoms with E-state index in [4.69, 9.17) is 4.74 Å². The molecule has 2 nitrogen and oxygen atoms in total. The average Bonchev–Trinajstić information content (AvgIpc) is 2.11. The van der Waals surface area contributed by atoms with Crippen LogP contribution in [0.3, 0.4) is 0 Å². The Morgan fingerprint density at radius 3 is 2.31 bits per heavy atom. The third-order valence-corrected chi connectivity index (χ3v) is 3.46. The molecule has 2 heterocycles. The number of rotatable bonds is 0. The van der Waals surface area contributed by atoms with Crippen LogP contribution < -0.4 is 0 Å². The van der Waals surface area contributed by atoms with Crippen molar-refractivity contribution in [3.05, 3.63) is 13.3 Å². The number of likely N-dealkylation sites (tertiary alicyclic amines) is 1. The molecule has 0 N–H and O–H groups in total. The fraction of sp³-hybridized carbons (Fsp3) is 0.833. The molecule has 2 radical (unpaired) electrons. The van der Waals surface area contributed by atoms with Gasteiger partial charge in [-0.25, -0.2) is 0 Å². The van der Waals surface area contributed by atoms with Gasteiger partial charge in [0, 0.05) is 44.2 Å². The fourth-order valence-electron chi connectivity index (χ4n) is 2.48. The molecule has 0 aromatic rings. The van der Waals surface area contributed by atoms with E-state index >= 15 is 0 Å². The molecule has 16 heavy (non-hydrogen) atoms. The maximum absolute atomic E-state index is 5.98. The Morgan fingerprint density at radius 1 is 1.25 bits per heavy atom. The summed E-state index contributed by atoms with van der Waals surface area (Å²) in [6.07, 6.45) is 4.83. The molecule has 2 rings (SSSR count). The average molecular weight is 466 g/mol. The van der Waals surface area contributed by atoms with Gasteiger partial charge in [0.25, 0.3) is 0 Å². The van der Waals surface area contributed by atoms with Crippen molar-refractivity contribution in [2.24, 2.45) is 0 Å². The van der Waals surface area contributed by atoms with Gasteiger partial charge < -0.3 is 23.0 Å². The molecule has 1 spiro atoms. The topological polar surface area (TPSA) is 12.5 Å². The summed E-state index contributed by atoms with van der Waals surface area (Å²) in [5, 5.41) is 0. The molecule has 2 fully saturated rings. The molecule has 2 saturated heterocycles. The molecule has 0 saturated carbocycles. The van der Waals surface area contributed by atoms with Crippen molar-refractivity contribution < 1.29 is 4.74 Å². The molecular weight excluding hydrogens is 443 g/mol. The number of ether oxygens (including phenoxy) is 1. The summed E-state index contributed by atoms with van der Waals surface area (Å²) < 4.78 is 5.98. The van der Waals surface area contributed by atoms with E-state index in [0.717, 1.165) is 6.61 Å². The Kier molecular flexibility index (Phi) is 7.79. The van der Waals surface area contributed by atoms with Crippen molar-refractivity contribution in [3.8, 4) is 0 Å². The predicted molar refractivity (Wildman–Crippen MR) is 65.7 cm³/mol.